The minimum absolute atomic E-state index is 0.0722. The van der Waals surface area contributed by atoms with E-state index in [1.165, 1.54) is 24.3 Å². The van der Waals surface area contributed by atoms with Gasteiger partial charge in [-0.15, -0.1) is 0 Å². The third-order valence-electron chi connectivity index (χ3n) is 5.08. The molecule has 0 spiro atoms. The average molecular weight is 530 g/mol. The first kappa shape index (κ1) is 27.2. The van der Waals surface area contributed by atoms with E-state index in [1.54, 1.807) is 37.3 Å². The van der Waals surface area contributed by atoms with E-state index in [2.05, 4.69) is 4.72 Å². The Morgan fingerprint density at radius 1 is 0.833 bits per heavy atom. The predicted octanol–water partition coefficient (Wildman–Crippen LogP) is 5.56. The van der Waals surface area contributed by atoms with Crippen LogP contribution in [0, 0.1) is 6.92 Å². The molecule has 0 saturated heterocycles. The Balaban J connectivity index is 1.96. The second-order valence-corrected chi connectivity index (χ2v) is 9.67. The third-order valence-corrected chi connectivity index (χ3v) is 6.57. The van der Waals surface area contributed by atoms with Gasteiger partial charge in [-0.1, -0.05) is 48.0 Å². The lowest BCUT2D eigenvalue weighted by Gasteiger charge is -2.20. The Hall–Kier alpha value is -3.38. The van der Waals surface area contributed by atoms with Crippen LogP contribution in [0.25, 0.3) is 0 Å². The van der Waals surface area contributed by atoms with Gasteiger partial charge in [0, 0.05) is 5.69 Å². The number of sulfonamides is 1. The smallest absolute Gasteiger partial charge is 0.325 e. The number of carbonyl (C=O) groups excluding carboxylic acids is 1. The molecule has 0 fully saturated rings. The summed E-state index contributed by atoms with van der Waals surface area (Å²) in [6, 6.07) is 12.8. The van der Waals surface area contributed by atoms with E-state index in [1.807, 2.05) is 5.32 Å². The number of alkyl halides is 6. The SMILES string of the molecule is Cc1ccc(S(=O)(=O)N[C@H](Cc2ccccc2)C(=O)Nc2cc(C(F)(F)F)cc(C(F)(F)F)c2)cc1. The summed E-state index contributed by atoms with van der Waals surface area (Å²) >= 11 is 0. The maximum atomic E-state index is 13.2. The zero-order valence-electron chi connectivity index (χ0n) is 18.6. The van der Waals surface area contributed by atoms with Crippen LogP contribution in [-0.2, 0) is 33.6 Å². The Kier molecular flexibility index (Phi) is 7.79. The molecule has 5 nitrogen and oxygen atoms in total. The Morgan fingerprint density at radius 2 is 1.36 bits per heavy atom. The van der Waals surface area contributed by atoms with Crippen molar-refractivity contribution in [2.75, 3.05) is 5.32 Å². The number of anilines is 1. The van der Waals surface area contributed by atoms with Gasteiger partial charge in [-0.25, -0.2) is 8.42 Å². The molecule has 0 aromatic heterocycles. The highest BCUT2D eigenvalue weighted by molar-refractivity contribution is 7.89. The van der Waals surface area contributed by atoms with Crippen molar-refractivity contribution in [2.24, 2.45) is 0 Å². The summed E-state index contributed by atoms with van der Waals surface area (Å²) in [5.74, 6) is -1.14. The molecule has 0 heterocycles. The van der Waals surface area contributed by atoms with Crippen molar-refractivity contribution in [2.45, 2.75) is 36.6 Å². The van der Waals surface area contributed by atoms with Gasteiger partial charge in [0.2, 0.25) is 15.9 Å². The second-order valence-electron chi connectivity index (χ2n) is 7.96. The van der Waals surface area contributed by atoms with E-state index in [0.29, 0.717) is 17.7 Å². The van der Waals surface area contributed by atoms with Gasteiger partial charge < -0.3 is 5.32 Å². The molecule has 36 heavy (non-hydrogen) atoms. The van der Waals surface area contributed by atoms with Crippen molar-refractivity contribution in [3.63, 3.8) is 0 Å². The van der Waals surface area contributed by atoms with Crippen LogP contribution in [0.1, 0.15) is 22.3 Å². The summed E-state index contributed by atoms with van der Waals surface area (Å²) in [6.45, 7) is 1.74. The molecule has 3 aromatic rings. The fourth-order valence-corrected chi connectivity index (χ4v) is 4.46. The molecule has 0 saturated carbocycles. The van der Waals surface area contributed by atoms with E-state index in [9.17, 15) is 39.6 Å². The largest absolute Gasteiger partial charge is 0.416 e. The summed E-state index contributed by atoms with van der Waals surface area (Å²) in [6.07, 6.45) is -10.4. The number of carbonyl (C=O) groups is 1. The van der Waals surface area contributed by atoms with Gasteiger partial charge in [-0.3, -0.25) is 4.79 Å². The van der Waals surface area contributed by atoms with E-state index < -0.39 is 51.1 Å². The van der Waals surface area contributed by atoms with Crippen molar-refractivity contribution in [3.05, 3.63) is 95.1 Å². The minimum atomic E-state index is -5.11. The van der Waals surface area contributed by atoms with Gasteiger partial charge in [0.25, 0.3) is 0 Å². The standard InChI is InChI=1S/C24H20F6N2O3S/c1-15-7-9-20(10-8-15)36(34,35)32-21(11-16-5-3-2-4-6-16)22(33)31-19-13-17(23(25,26)27)12-18(14-19)24(28,29)30/h2-10,12-14,21,32H,11H2,1H3,(H,31,33)/t21-/m1/s1. The lowest BCUT2D eigenvalue weighted by molar-refractivity contribution is -0.143. The van der Waals surface area contributed by atoms with Crippen molar-refractivity contribution in [3.8, 4) is 0 Å². The number of hydrogen-bond donors (Lipinski definition) is 2. The molecule has 1 atom stereocenters. The molecule has 0 unspecified atom stereocenters. The molecule has 192 valence electrons. The van der Waals surface area contributed by atoms with Crippen LogP contribution in [-0.4, -0.2) is 20.4 Å². The molecule has 1 amide bonds. The Morgan fingerprint density at radius 3 is 1.86 bits per heavy atom. The van der Waals surface area contributed by atoms with E-state index in [0.717, 1.165) is 5.56 Å². The first-order valence-corrected chi connectivity index (χ1v) is 11.9. The first-order valence-electron chi connectivity index (χ1n) is 10.4. The number of rotatable bonds is 7. The zero-order chi connectivity index (χ0) is 26.7. The van der Waals surface area contributed by atoms with Crippen LogP contribution < -0.4 is 10.0 Å². The van der Waals surface area contributed by atoms with Gasteiger partial charge in [0.05, 0.1) is 16.0 Å². The number of nitrogens with one attached hydrogen (secondary N) is 2. The lowest BCUT2D eigenvalue weighted by atomic mass is 10.1. The van der Waals surface area contributed by atoms with Crippen LogP contribution in [0.4, 0.5) is 32.0 Å². The third kappa shape index (κ3) is 7.08. The molecule has 3 rings (SSSR count). The highest BCUT2D eigenvalue weighted by Gasteiger charge is 2.37. The van der Waals surface area contributed by atoms with Crippen LogP contribution in [0.15, 0.2) is 77.7 Å². The normalized spacial score (nSPS) is 13.3. The van der Waals surface area contributed by atoms with Gasteiger partial charge in [0.1, 0.15) is 6.04 Å². The number of benzene rings is 3. The second kappa shape index (κ2) is 10.3. The fraction of sp³-hybridized carbons (Fsp3) is 0.208. The van der Waals surface area contributed by atoms with E-state index >= 15 is 0 Å². The number of aryl methyl sites for hydroxylation is 1. The quantitative estimate of drug-likeness (QED) is 0.393. The molecule has 3 aromatic carbocycles. The summed E-state index contributed by atoms with van der Waals surface area (Å²) in [4.78, 5) is 12.8. The summed E-state index contributed by atoms with van der Waals surface area (Å²) < 4.78 is 107. The van der Waals surface area contributed by atoms with Crippen molar-refractivity contribution < 1.29 is 39.6 Å². The molecular weight excluding hydrogens is 510 g/mol. The maximum Gasteiger partial charge on any atom is 0.416 e. The Bertz CT molecular complexity index is 1290. The molecule has 0 aliphatic heterocycles. The van der Waals surface area contributed by atoms with Crippen LogP contribution in [0.5, 0.6) is 0 Å². The summed E-state index contributed by atoms with van der Waals surface area (Å²) in [5, 5.41) is 2.00. The molecule has 0 aliphatic rings. The topological polar surface area (TPSA) is 75.3 Å². The van der Waals surface area contributed by atoms with E-state index in [4.69, 9.17) is 0 Å². The molecule has 0 radical (unpaired) electrons. The fourth-order valence-electron chi connectivity index (χ4n) is 3.27. The summed E-state index contributed by atoms with van der Waals surface area (Å²) in [5.41, 5.74) is -2.74. The Labute approximate surface area is 203 Å². The van der Waals surface area contributed by atoms with Crippen LogP contribution >= 0.6 is 0 Å². The lowest BCUT2D eigenvalue weighted by Crippen LogP contribution is -2.45. The van der Waals surface area contributed by atoms with Crippen molar-refractivity contribution >= 4 is 21.6 Å². The monoisotopic (exact) mass is 530 g/mol. The maximum absolute atomic E-state index is 13.2. The van der Waals surface area contributed by atoms with Crippen LogP contribution in [0.3, 0.4) is 0 Å². The van der Waals surface area contributed by atoms with Gasteiger partial charge >= 0.3 is 12.4 Å². The average Bonchev–Trinajstić information content (AvgIpc) is 2.78. The van der Waals surface area contributed by atoms with Crippen molar-refractivity contribution in [1.29, 1.82) is 0 Å². The van der Waals surface area contributed by atoms with Gasteiger partial charge in [-0.2, -0.15) is 31.1 Å². The first-order chi connectivity index (χ1) is 16.6. The van der Waals surface area contributed by atoms with Crippen molar-refractivity contribution in [1.82, 2.24) is 4.72 Å². The number of halogens is 6. The molecule has 0 bridgehead atoms. The highest BCUT2D eigenvalue weighted by atomic mass is 32.2. The van der Waals surface area contributed by atoms with Crippen LogP contribution in [0.2, 0.25) is 0 Å². The minimum Gasteiger partial charge on any atom is -0.325 e. The van der Waals surface area contributed by atoms with Gasteiger partial charge in [-0.05, 0) is 49.2 Å². The number of hydrogen-bond acceptors (Lipinski definition) is 3. The summed E-state index contributed by atoms with van der Waals surface area (Å²) in [7, 11) is -4.27. The number of amides is 1. The molecule has 2 N–H and O–H groups in total. The highest BCUT2D eigenvalue weighted by Crippen LogP contribution is 2.37. The van der Waals surface area contributed by atoms with E-state index in [-0.39, 0.29) is 17.4 Å². The zero-order valence-corrected chi connectivity index (χ0v) is 19.4. The molecular formula is C24H20F6N2O3S. The molecule has 0 aliphatic carbocycles. The van der Waals surface area contributed by atoms with Gasteiger partial charge in [0.15, 0.2) is 0 Å². The molecule has 12 heteroatoms. The predicted molar refractivity (Wildman–Crippen MR) is 121 cm³/mol.